The first-order valence-electron chi connectivity index (χ1n) is 12.4. The van der Waals surface area contributed by atoms with Crippen LogP contribution in [0.15, 0.2) is 66.7 Å². The van der Waals surface area contributed by atoms with Crippen LogP contribution < -0.4 is 15.4 Å². The summed E-state index contributed by atoms with van der Waals surface area (Å²) in [5, 5.41) is 0. The summed E-state index contributed by atoms with van der Waals surface area (Å²) in [5.74, 6) is 0.103. The van der Waals surface area contributed by atoms with Crippen molar-refractivity contribution in [1.29, 1.82) is 0 Å². The topological polar surface area (TPSA) is 68.5 Å². The monoisotopic (exact) mass is 475 g/mol. The van der Waals surface area contributed by atoms with Crippen molar-refractivity contribution in [1.82, 2.24) is 4.98 Å². The zero-order valence-electron chi connectivity index (χ0n) is 20.7. The van der Waals surface area contributed by atoms with Gasteiger partial charge in [0.25, 0.3) is 0 Å². The van der Waals surface area contributed by atoms with Crippen molar-refractivity contribution < 1.29 is 13.9 Å². The first kappa shape index (κ1) is 24.9. The van der Waals surface area contributed by atoms with Gasteiger partial charge in [-0.3, -0.25) is 4.79 Å². The molecule has 2 aromatic carbocycles. The van der Waals surface area contributed by atoms with Gasteiger partial charge in [0.05, 0.1) is 6.10 Å². The molecule has 0 spiro atoms. The largest absolute Gasteiger partial charge is 0.491 e. The summed E-state index contributed by atoms with van der Waals surface area (Å²) in [6, 6.07) is 20.7. The number of carbonyl (C=O) groups is 1. The highest BCUT2D eigenvalue weighted by molar-refractivity contribution is 5.97. The number of pyridine rings is 1. The van der Waals surface area contributed by atoms with E-state index >= 15 is 0 Å². The number of carbonyl (C=O) groups excluding carboxylic acids is 1. The van der Waals surface area contributed by atoms with E-state index in [0.29, 0.717) is 18.7 Å². The smallest absolute Gasteiger partial charge is 0.230 e. The molecule has 1 aliphatic rings. The van der Waals surface area contributed by atoms with E-state index in [1.54, 1.807) is 17.0 Å². The molecule has 6 heteroatoms. The van der Waals surface area contributed by atoms with Crippen LogP contribution in [0.5, 0.6) is 5.75 Å². The second-order valence-corrected chi connectivity index (χ2v) is 9.57. The number of ether oxygens (including phenoxy) is 1. The highest BCUT2D eigenvalue weighted by Crippen LogP contribution is 2.48. The van der Waals surface area contributed by atoms with Gasteiger partial charge in [-0.25, -0.2) is 4.98 Å². The second-order valence-electron chi connectivity index (χ2n) is 9.57. The Morgan fingerprint density at radius 2 is 1.74 bits per heavy atom. The van der Waals surface area contributed by atoms with Crippen LogP contribution in [0, 0.1) is 11.9 Å². The molecule has 0 aliphatic heterocycles. The molecule has 1 fully saturated rings. The normalized spacial score (nSPS) is 17.8. The zero-order valence-corrected chi connectivity index (χ0v) is 20.7. The number of anilines is 1. The third-order valence-electron chi connectivity index (χ3n) is 6.31. The highest BCUT2D eigenvalue weighted by atomic mass is 19.1. The van der Waals surface area contributed by atoms with Crippen LogP contribution in [-0.2, 0) is 4.79 Å². The van der Waals surface area contributed by atoms with Gasteiger partial charge in [-0.05, 0) is 74.2 Å². The fraction of sp³-hybridized carbons (Fsp3) is 0.379. The zero-order chi connectivity index (χ0) is 24.9. The molecular weight excluding hydrogens is 441 g/mol. The van der Waals surface area contributed by atoms with Gasteiger partial charge in [0.1, 0.15) is 5.75 Å². The van der Waals surface area contributed by atoms with Crippen LogP contribution in [-0.4, -0.2) is 29.6 Å². The van der Waals surface area contributed by atoms with E-state index in [9.17, 15) is 9.18 Å². The molecule has 0 unspecified atom stereocenters. The number of benzene rings is 2. The Morgan fingerprint density at radius 1 is 1.09 bits per heavy atom. The van der Waals surface area contributed by atoms with Gasteiger partial charge in [-0.2, -0.15) is 4.39 Å². The minimum Gasteiger partial charge on any atom is -0.491 e. The molecule has 3 aromatic rings. The van der Waals surface area contributed by atoms with Gasteiger partial charge in [-0.1, -0.05) is 43.7 Å². The first-order chi connectivity index (χ1) is 16.9. The number of rotatable bonds is 10. The van der Waals surface area contributed by atoms with E-state index < -0.39 is 5.95 Å². The fourth-order valence-corrected chi connectivity index (χ4v) is 4.48. The second kappa shape index (κ2) is 11.0. The molecule has 0 bridgehead atoms. The average Bonchev–Trinajstić information content (AvgIpc) is 3.64. The molecule has 2 N–H and O–H groups in total. The van der Waals surface area contributed by atoms with E-state index in [2.05, 4.69) is 11.9 Å². The number of aromatic nitrogens is 1. The summed E-state index contributed by atoms with van der Waals surface area (Å²) in [7, 11) is 0. The highest BCUT2D eigenvalue weighted by Gasteiger charge is 2.47. The van der Waals surface area contributed by atoms with Crippen LogP contribution in [0.4, 0.5) is 10.1 Å². The summed E-state index contributed by atoms with van der Waals surface area (Å²) < 4.78 is 19.3. The molecule has 1 saturated carbocycles. The van der Waals surface area contributed by atoms with Crippen molar-refractivity contribution in [2.45, 2.75) is 58.1 Å². The lowest BCUT2D eigenvalue weighted by Crippen LogP contribution is -2.42. The molecule has 1 amide bonds. The van der Waals surface area contributed by atoms with Crippen LogP contribution in [0.3, 0.4) is 0 Å². The molecule has 4 rings (SSSR count). The summed E-state index contributed by atoms with van der Waals surface area (Å²) in [6.07, 6.45) is 2.60. The van der Waals surface area contributed by atoms with Gasteiger partial charge < -0.3 is 15.4 Å². The predicted octanol–water partition coefficient (Wildman–Crippen LogP) is 5.94. The lowest BCUT2D eigenvalue weighted by molar-refractivity contribution is -0.120. The Bertz CT molecular complexity index is 1130. The third kappa shape index (κ3) is 6.25. The van der Waals surface area contributed by atoms with Crippen molar-refractivity contribution in [2.24, 2.45) is 11.7 Å². The SMILES string of the molecule is CCC[C@H](N)CN(C(=O)[C@H]1C[C@@H]1c1cccc(F)n1)c1ccc(-c2ccc(OC(C)C)cc2)cc1. The van der Waals surface area contributed by atoms with E-state index in [4.69, 9.17) is 10.5 Å². The van der Waals surface area contributed by atoms with E-state index in [1.807, 2.05) is 62.4 Å². The van der Waals surface area contributed by atoms with Crippen molar-refractivity contribution in [3.05, 3.63) is 78.4 Å². The summed E-state index contributed by atoms with van der Waals surface area (Å²) in [5.41, 5.74) is 9.95. The van der Waals surface area contributed by atoms with Crippen LogP contribution in [0.25, 0.3) is 11.1 Å². The lowest BCUT2D eigenvalue weighted by atomic mass is 10.0. The minimum atomic E-state index is -0.512. The number of hydrogen-bond acceptors (Lipinski definition) is 4. The molecule has 3 atom stereocenters. The standard InChI is InChI=1S/C29H34FN3O2/c1-4-6-22(31)18-33(29(34)26-17-25(26)27-7-5-8-28(30)32-27)23-13-9-20(10-14-23)21-11-15-24(16-12-21)35-19(2)3/h5,7-16,19,22,25-26H,4,6,17-18,31H2,1-3H3/t22-,25-,26-/m0/s1. The number of hydrogen-bond donors (Lipinski definition) is 1. The number of halogens is 1. The van der Waals surface area contributed by atoms with Crippen molar-refractivity contribution >= 4 is 11.6 Å². The molecule has 1 heterocycles. The fourth-order valence-electron chi connectivity index (χ4n) is 4.48. The van der Waals surface area contributed by atoms with Gasteiger partial charge >= 0.3 is 0 Å². The molecule has 5 nitrogen and oxygen atoms in total. The summed E-state index contributed by atoms with van der Waals surface area (Å²) in [4.78, 5) is 19.3. The Kier molecular flexibility index (Phi) is 7.81. The Morgan fingerprint density at radius 3 is 2.34 bits per heavy atom. The van der Waals surface area contributed by atoms with Gasteiger partial charge in [0.2, 0.25) is 11.9 Å². The van der Waals surface area contributed by atoms with Crippen molar-refractivity contribution in [2.75, 3.05) is 11.4 Å². The lowest BCUT2D eigenvalue weighted by Gasteiger charge is -2.26. The molecule has 0 radical (unpaired) electrons. The van der Waals surface area contributed by atoms with Crippen molar-refractivity contribution in [3.63, 3.8) is 0 Å². The first-order valence-corrected chi connectivity index (χ1v) is 12.4. The quantitative estimate of drug-likeness (QED) is 0.369. The number of nitrogens with two attached hydrogens (primary N) is 1. The molecule has 1 aromatic heterocycles. The molecule has 0 saturated heterocycles. The maximum atomic E-state index is 13.6. The summed E-state index contributed by atoms with van der Waals surface area (Å²) >= 11 is 0. The maximum Gasteiger partial charge on any atom is 0.230 e. The Hall–Kier alpha value is -3.25. The van der Waals surface area contributed by atoms with E-state index in [0.717, 1.165) is 35.4 Å². The van der Waals surface area contributed by atoms with Crippen molar-refractivity contribution in [3.8, 4) is 16.9 Å². The minimum absolute atomic E-state index is 0.0237. The van der Waals surface area contributed by atoms with E-state index in [1.165, 1.54) is 6.07 Å². The molecular formula is C29H34FN3O2. The van der Waals surface area contributed by atoms with Gasteiger partial charge in [0, 0.05) is 35.8 Å². The molecule has 1 aliphatic carbocycles. The number of nitrogens with zero attached hydrogens (tertiary/aromatic N) is 2. The Balaban J connectivity index is 1.52. The van der Waals surface area contributed by atoms with E-state index in [-0.39, 0.29) is 29.9 Å². The average molecular weight is 476 g/mol. The number of amides is 1. The molecule has 184 valence electrons. The van der Waals surface area contributed by atoms with Gasteiger partial charge in [-0.15, -0.1) is 0 Å². The Labute approximate surface area is 207 Å². The third-order valence-corrected chi connectivity index (χ3v) is 6.31. The van der Waals surface area contributed by atoms with Crippen LogP contribution in [0.2, 0.25) is 0 Å². The maximum absolute atomic E-state index is 13.6. The predicted molar refractivity (Wildman–Crippen MR) is 138 cm³/mol. The van der Waals surface area contributed by atoms with Gasteiger partial charge in [0.15, 0.2) is 0 Å². The summed E-state index contributed by atoms with van der Waals surface area (Å²) in [6.45, 7) is 6.55. The van der Waals surface area contributed by atoms with Crippen LogP contribution in [0.1, 0.15) is 51.6 Å². The molecule has 35 heavy (non-hydrogen) atoms. The van der Waals surface area contributed by atoms with Crippen LogP contribution >= 0.6 is 0 Å².